The molecular weight excluding hydrogens is 332 g/mol. The molecule has 1 rings (SSSR count). The van der Waals surface area contributed by atoms with E-state index in [2.05, 4.69) is 4.74 Å². The highest BCUT2D eigenvalue weighted by atomic mass is 19.3. The van der Waals surface area contributed by atoms with Crippen molar-refractivity contribution in [1.29, 1.82) is 0 Å². The van der Waals surface area contributed by atoms with Gasteiger partial charge in [-0.15, -0.1) is 0 Å². The van der Waals surface area contributed by atoms with Gasteiger partial charge in [-0.05, 0) is 24.0 Å². The minimum Gasteiger partial charge on any atom is -0.452 e. The Bertz CT molecular complexity index is 566. The molecule has 0 bridgehead atoms. The minimum absolute atomic E-state index is 0.144. The van der Waals surface area contributed by atoms with Crippen LogP contribution in [-0.2, 0) is 9.53 Å². The smallest absolute Gasteiger partial charge is 0.387 e. The van der Waals surface area contributed by atoms with Gasteiger partial charge in [-0.25, -0.2) is 4.79 Å². The molecule has 1 aromatic rings. The van der Waals surface area contributed by atoms with Crippen LogP contribution in [0, 0.1) is 11.8 Å². The van der Waals surface area contributed by atoms with Crippen molar-refractivity contribution in [3.63, 3.8) is 0 Å². The predicted molar refractivity (Wildman–Crippen MR) is 89.6 cm³/mol. The maximum atomic E-state index is 12.4. The van der Waals surface area contributed by atoms with E-state index in [-0.39, 0.29) is 29.1 Å². The zero-order valence-electron chi connectivity index (χ0n) is 15.0. The van der Waals surface area contributed by atoms with Gasteiger partial charge in [0.05, 0.1) is 0 Å². The van der Waals surface area contributed by atoms with Gasteiger partial charge in [0.15, 0.2) is 6.61 Å². The van der Waals surface area contributed by atoms with Crippen molar-refractivity contribution in [3.8, 4) is 5.75 Å². The number of hydrogen-bond acceptors (Lipinski definition) is 4. The highest BCUT2D eigenvalue weighted by molar-refractivity contribution is 5.94. The molecule has 140 valence electrons. The largest absolute Gasteiger partial charge is 0.452 e. The van der Waals surface area contributed by atoms with Gasteiger partial charge in [0.2, 0.25) is 0 Å². The SMILES string of the molecule is CC(C)CN(CC(C)C)C(=O)COC(=O)c1ccccc1OC(F)F. The number of benzene rings is 1. The summed E-state index contributed by atoms with van der Waals surface area (Å²) in [5.41, 5.74) is -0.144. The van der Waals surface area contributed by atoms with Crippen molar-refractivity contribution in [2.45, 2.75) is 34.3 Å². The van der Waals surface area contributed by atoms with Crippen molar-refractivity contribution >= 4 is 11.9 Å². The second-order valence-corrected chi connectivity index (χ2v) is 6.54. The number of rotatable bonds is 9. The number of carbonyl (C=O) groups excluding carboxylic acids is 2. The molecule has 0 aromatic heterocycles. The van der Waals surface area contributed by atoms with Gasteiger partial charge < -0.3 is 14.4 Å². The number of amides is 1. The predicted octanol–water partition coefficient (Wildman–Crippen LogP) is 3.59. The van der Waals surface area contributed by atoms with Crippen LogP contribution in [0.4, 0.5) is 8.78 Å². The van der Waals surface area contributed by atoms with E-state index in [0.29, 0.717) is 13.1 Å². The molecule has 0 heterocycles. The van der Waals surface area contributed by atoms with Crippen LogP contribution in [0.1, 0.15) is 38.1 Å². The minimum atomic E-state index is -3.05. The van der Waals surface area contributed by atoms with Crippen LogP contribution < -0.4 is 4.74 Å². The monoisotopic (exact) mass is 357 g/mol. The Morgan fingerprint density at radius 3 is 2.12 bits per heavy atom. The highest BCUT2D eigenvalue weighted by Gasteiger charge is 2.21. The van der Waals surface area contributed by atoms with Crippen LogP contribution in [0.2, 0.25) is 0 Å². The molecule has 0 fully saturated rings. The zero-order valence-corrected chi connectivity index (χ0v) is 15.0. The molecular formula is C18H25F2NO4. The third-order valence-electron chi connectivity index (χ3n) is 3.17. The van der Waals surface area contributed by atoms with Crippen molar-refractivity contribution in [2.24, 2.45) is 11.8 Å². The molecule has 0 atom stereocenters. The lowest BCUT2D eigenvalue weighted by Gasteiger charge is -2.26. The Morgan fingerprint density at radius 2 is 1.60 bits per heavy atom. The molecule has 0 aliphatic carbocycles. The van der Waals surface area contributed by atoms with E-state index < -0.39 is 19.2 Å². The van der Waals surface area contributed by atoms with Crippen LogP contribution in [0.3, 0.4) is 0 Å². The number of halogens is 2. The molecule has 25 heavy (non-hydrogen) atoms. The zero-order chi connectivity index (χ0) is 19.0. The summed E-state index contributed by atoms with van der Waals surface area (Å²) in [6.45, 7) is 5.58. The van der Waals surface area contributed by atoms with Crippen LogP contribution in [0.15, 0.2) is 24.3 Å². The molecule has 0 radical (unpaired) electrons. The van der Waals surface area contributed by atoms with E-state index in [0.717, 1.165) is 0 Å². The summed E-state index contributed by atoms with van der Waals surface area (Å²) >= 11 is 0. The van der Waals surface area contributed by atoms with Gasteiger partial charge in [-0.1, -0.05) is 39.8 Å². The average molecular weight is 357 g/mol. The summed E-state index contributed by atoms with van der Waals surface area (Å²) in [6.07, 6.45) is 0. The molecule has 0 N–H and O–H groups in total. The molecule has 0 saturated carbocycles. The number of esters is 1. The van der Waals surface area contributed by atoms with Crippen molar-refractivity contribution in [1.82, 2.24) is 4.90 Å². The third kappa shape index (κ3) is 7.49. The second kappa shape index (κ2) is 9.96. The molecule has 0 aliphatic heterocycles. The third-order valence-corrected chi connectivity index (χ3v) is 3.17. The van der Waals surface area contributed by atoms with Crippen molar-refractivity contribution in [3.05, 3.63) is 29.8 Å². The Labute approximate surface area is 146 Å². The summed E-state index contributed by atoms with van der Waals surface area (Å²) in [4.78, 5) is 26.1. The summed E-state index contributed by atoms with van der Waals surface area (Å²) in [5.74, 6) is -0.921. The molecule has 0 unspecified atom stereocenters. The summed E-state index contributed by atoms with van der Waals surface area (Å²) in [7, 11) is 0. The number of ether oxygens (including phenoxy) is 2. The quantitative estimate of drug-likeness (QED) is 0.634. The summed E-state index contributed by atoms with van der Waals surface area (Å²) < 4.78 is 34.1. The van der Waals surface area contributed by atoms with Crippen molar-refractivity contribution < 1.29 is 27.8 Å². The van der Waals surface area contributed by atoms with Gasteiger partial charge in [0.1, 0.15) is 11.3 Å². The fraction of sp³-hybridized carbons (Fsp3) is 0.556. The molecule has 1 aromatic carbocycles. The van der Waals surface area contributed by atoms with Crippen LogP contribution in [0.25, 0.3) is 0 Å². The maximum absolute atomic E-state index is 12.4. The Hall–Kier alpha value is -2.18. The van der Waals surface area contributed by atoms with Crippen LogP contribution in [0.5, 0.6) is 5.75 Å². The lowest BCUT2D eigenvalue weighted by molar-refractivity contribution is -0.135. The number of nitrogens with zero attached hydrogens (tertiary/aromatic N) is 1. The van der Waals surface area contributed by atoms with E-state index in [1.165, 1.54) is 24.3 Å². The first-order valence-corrected chi connectivity index (χ1v) is 8.19. The fourth-order valence-electron chi connectivity index (χ4n) is 2.29. The Kier molecular flexibility index (Phi) is 8.31. The second-order valence-electron chi connectivity index (χ2n) is 6.54. The lowest BCUT2D eigenvalue weighted by atomic mass is 10.1. The molecule has 7 heteroatoms. The first kappa shape index (κ1) is 20.9. The summed E-state index contributed by atoms with van der Waals surface area (Å²) in [6, 6.07) is 5.52. The van der Waals surface area contributed by atoms with E-state index in [1.807, 2.05) is 27.7 Å². The molecule has 0 aliphatic rings. The van der Waals surface area contributed by atoms with E-state index >= 15 is 0 Å². The Balaban J connectivity index is 2.72. The highest BCUT2D eigenvalue weighted by Crippen LogP contribution is 2.21. The number of alkyl halides is 2. The van der Waals surface area contributed by atoms with E-state index in [1.54, 1.807) is 4.90 Å². The number of para-hydroxylation sites is 1. The Morgan fingerprint density at radius 1 is 1.04 bits per heavy atom. The normalized spacial score (nSPS) is 11.1. The lowest BCUT2D eigenvalue weighted by Crippen LogP contribution is -2.39. The first-order chi connectivity index (χ1) is 11.7. The topological polar surface area (TPSA) is 55.8 Å². The van der Waals surface area contributed by atoms with E-state index in [9.17, 15) is 18.4 Å². The van der Waals surface area contributed by atoms with Gasteiger partial charge >= 0.3 is 12.6 Å². The standard InChI is InChI=1S/C18H25F2NO4/c1-12(2)9-21(10-13(3)4)16(22)11-24-17(23)14-7-5-6-8-15(14)25-18(19)20/h5-8,12-13,18H,9-11H2,1-4H3. The number of hydrogen-bond donors (Lipinski definition) is 0. The molecule has 0 spiro atoms. The van der Waals surface area contributed by atoms with Crippen LogP contribution >= 0.6 is 0 Å². The van der Waals surface area contributed by atoms with Gasteiger partial charge in [-0.2, -0.15) is 8.78 Å². The van der Waals surface area contributed by atoms with Gasteiger partial charge in [0.25, 0.3) is 5.91 Å². The van der Waals surface area contributed by atoms with Crippen molar-refractivity contribution in [2.75, 3.05) is 19.7 Å². The number of carbonyl (C=O) groups is 2. The van der Waals surface area contributed by atoms with Gasteiger partial charge in [-0.3, -0.25) is 4.79 Å². The fourth-order valence-corrected chi connectivity index (χ4v) is 2.29. The van der Waals surface area contributed by atoms with Crippen LogP contribution in [-0.4, -0.2) is 43.1 Å². The maximum Gasteiger partial charge on any atom is 0.387 e. The first-order valence-electron chi connectivity index (χ1n) is 8.19. The molecule has 0 saturated heterocycles. The molecule has 5 nitrogen and oxygen atoms in total. The molecule has 1 amide bonds. The van der Waals surface area contributed by atoms with E-state index in [4.69, 9.17) is 4.74 Å². The summed E-state index contributed by atoms with van der Waals surface area (Å²) in [5, 5.41) is 0. The van der Waals surface area contributed by atoms with Gasteiger partial charge in [0, 0.05) is 13.1 Å². The average Bonchev–Trinajstić information content (AvgIpc) is 2.50.